The molecule has 0 spiro atoms. The second kappa shape index (κ2) is 8.61. The molecule has 0 saturated heterocycles. The second-order valence-corrected chi connectivity index (χ2v) is 6.46. The topological polar surface area (TPSA) is 44.7 Å². The number of carbonyl (C=O) groups excluding carboxylic acids is 1. The van der Waals surface area contributed by atoms with Crippen LogP contribution in [-0.2, 0) is 0 Å². The van der Waals surface area contributed by atoms with Gasteiger partial charge in [-0.3, -0.25) is 4.79 Å². The minimum atomic E-state index is -0.284. The van der Waals surface area contributed by atoms with Crippen molar-refractivity contribution in [3.8, 4) is 0 Å². The predicted molar refractivity (Wildman–Crippen MR) is 106 cm³/mol. The zero-order valence-electron chi connectivity index (χ0n) is 16.1. The zero-order chi connectivity index (χ0) is 19.3. The lowest BCUT2D eigenvalue weighted by molar-refractivity contribution is 0.101. The van der Waals surface area contributed by atoms with E-state index in [0.29, 0.717) is 16.8 Å². The number of benzene rings is 2. The van der Waals surface area contributed by atoms with Crippen molar-refractivity contribution in [2.45, 2.75) is 27.7 Å². The van der Waals surface area contributed by atoms with Crippen molar-refractivity contribution in [1.29, 1.82) is 0 Å². The highest BCUT2D eigenvalue weighted by molar-refractivity contribution is 6.00. The van der Waals surface area contributed by atoms with Gasteiger partial charge in [-0.1, -0.05) is 6.07 Å². The third-order valence-corrected chi connectivity index (χ3v) is 4.44. The minimum absolute atomic E-state index is 0.0320. The van der Waals surface area contributed by atoms with Crippen LogP contribution in [-0.4, -0.2) is 37.2 Å². The molecule has 138 valence electrons. The molecule has 5 heteroatoms. The molecule has 0 saturated carbocycles. The first-order valence-electron chi connectivity index (χ1n) is 8.71. The third kappa shape index (κ3) is 4.69. The summed E-state index contributed by atoms with van der Waals surface area (Å²) in [4.78, 5) is 19.1. The molecule has 2 aromatic carbocycles. The van der Waals surface area contributed by atoms with Crippen molar-refractivity contribution < 1.29 is 9.18 Å². The highest BCUT2D eigenvalue weighted by Gasteiger charge is 2.12. The highest BCUT2D eigenvalue weighted by Crippen LogP contribution is 2.24. The van der Waals surface area contributed by atoms with Crippen LogP contribution in [0.15, 0.2) is 35.3 Å². The lowest BCUT2D eigenvalue weighted by Crippen LogP contribution is -2.16. The van der Waals surface area contributed by atoms with E-state index >= 15 is 0 Å². The Hall–Kier alpha value is -2.69. The maximum Gasteiger partial charge on any atom is 0.182 e. The van der Waals surface area contributed by atoms with Gasteiger partial charge in [-0.15, -0.1) is 0 Å². The second-order valence-electron chi connectivity index (χ2n) is 6.46. The molecule has 0 aliphatic heterocycles. The van der Waals surface area contributed by atoms with E-state index in [1.807, 2.05) is 37.9 Å². The number of anilines is 1. The fourth-order valence-electron chi connectivity index (χ4n) is 2.55. The molecule has 0 unspecified atom stereocenters. The summed E-state index contributed by atoms with van der Waals surface area (Å²) in [6.45, 7) is 8.59. The lowest BCUT2D eigenvalue weighted by Gasteiger charge is -2.13. The number of hydrogen-bond acceptors (Lipinski definition) is 3. The fourth-order valence-corrected chi connectivity index (χ4v) is 2.55. The van der Waals surface area contributed by atoms with E-state index in [0.717, 1.165) is 23.4 Å². The summed E-state index contributed by atoms with van der Waals surface area (Å²) >= 11 is 0. The average Bonchev–Trinajstić information content (AvgIpc) is 2.62. The van der Waals surface area contributed by atoms with Gasteiger partial charge >= 0.3 is 0 Å². The van der Waals surface area contributed by atoms with Gasteiger partial charge in [0.25, 0.3) is 0 Å². The largest absolute Gasteiger partial charge is 0.377 e. The highest BCUT2D eigenvalue weighted by atomic mass is 19.1. The standard InChI is InChI=1S/C21H26FN3O/c1-6-25(5)13-24-20-11-14(2)17(10-15(20)3)21(26)12-23-19-9-7-8-18(22)16(19)4/h7-11,13,23H,6,12H2,1-5H3/b24-13+. The molecule has 2 rings (SSSR count). The number of Topliss-reactive ketones (excluding diaryl/α,β-unsaturated/α-hetero) is 1. The predicted octanol–water partition coefficient (Wildman–Crippen LogP) is 4.66. The van der Waals surface area contributed by atoms with E-state index in [4.69, 9.17) is 0 Å². The number of aliphatic imine (C=N–C) groups is 1. The van der Waals surface area contributed by atoms with Crippen molar-refractivity contribution in [3.63, 3.8) is 0 Å². The summed E-state index contributed by atoms with van der Waals surface area (Å²) in [6.07, 6.45) is 1.79. The van der Waals surface area contributed by atoms with Gasteiger partial charge in [-0.05, 0) is 63.1 Å². The number of aryl methyl sites for hydroxylation is 2. The zero-order valence-corrected chi connectivity index (χ0v) is 16.1. The first kappa shape index (κ1) is 19.6. The van der Waals surface area contributed by atoms with Crippen LogP contribution in [0.5, 0.6) is 0 Å². The first-order valence-corrected chi connectivity index (χ1v) is 8.71. The summed E-state index contributed by atoms with van der Waals surface area (Å²) in [7, 11) is 1.96. The molecule has 0 radical (unpaired) electrons. The van der Waals surface area contributed by atoms with E-state index in [2.05, 4.69) is 17.2 Å². The molecule has 0 heterocycles. The van der Waals surface area contributed by atoms with Gasteiger partial charge < -0.3 is 10.2 Å². The number of ketones is 1. The van der Waals surface area contributed by atoms with Crippen LogP contribution < -0.4 is 5.32 Å². The molecule has 0 amide bonds. The molecule has 0 atom stereocenters. The van der Waals surface area contributed by atoms with Crippen LogP contribution in [0.4, 0.5) is 15.8 Å². The van der Waals surface area contributed by atoms with Gasteiger partial charge in [-0.2, -0.15) is 0 Å². The fraction of sp³-hybridized carbons (Fsp3) is 0.333. The molecule has 0 aliphatic rings. The first-order chi connectivity index (χ1) is 12.3. The Kier molecular flexibility index (Phi) is 6.50. The Morgan fingerprint density at radius 3 is 2.65 bits per heavy atom. The molecule has 0 bridgehead atoms. The third-order valence-electron chi connectivity index (χ3n) is 4.44. The Balaban J connectivity index is 2.15. The van der Waals surface area contributed by atoms with E-state index in [1.54, 1.807) is 25.4 Å². The smallest absolute Gasteiger partial charge is 0.182 e. The van der Waals surface area contributed by atoms with Crippen molar-refractivity contribution in [1.82, 2.24) is 4.90 Å². The Morgan fingerprint density at radius 1 is 1.23 bits per heavy atom. The Labute approximate surface area is 154 Å². The maximum atomic E-state index is 13.6. The summed E-state index contributed by atoms with van der Waals surface area (Å²) in [5, 5.41) is 3.04. The molecule has 4 nitrogen and oxygen atoms in total. The number of nitrogens with zero attached hydrogens (tertiary/aromatic N) is 2. The van der Waals surface area contributed by atoms with E-state index in [-0.39, 0.29) is 18.1 Å². The Morgan fingerprint density at radius 2 is 1.96 bits per heavy atom. The SMILES string of the molecule is CCN(C)/C=N/c1cc(C)c(C(=O)CNc2cccc(F)c2C)cc1C. The number of halogens is 1. The minimum Gasteiger partial charge on any atom is -0.377 e. The van der Waals surface area contributed by atoms with Crippen molar-refractivity contribution in [3.05, 3.63) is 58.4 Å². The van der Waals surface area contributed by atoms with Gasteiger partial charge in [0.2, 0.25) is 0 Å². The molecule has 0 aliphatic carbocycles. The number of carbonyl (C=O) groups is 1. The molecule has 0 aromatic heterocycles. The van der Waals surface area contributed by atoms with Crippen molar-refractivity contribution >= 4 is 23.5 Å². The lowest BCUT2D eigenvalue weighted by atomic mass is 10.00. The number of rotatable bonds is 7. The maximum absolute atomic E-state index is 13.6. The molecular formula is C21H26FN3O. The normalized spacial score (nSPS) is 11.0. The van der Waals surface area contributed by atoms with Gasteiger partial charge in [0.05, 0.1) is 18.6 Å². The van der Waals surface area contributed by atoms with Gasteiger partial charge in [0, 0.05) is 30.4 Å². The van der Waals surface area contributed by atoms with E-state index < -0.39 is 0 Å². The van der Waals surface area contributed by atoms with E-state index in [1.165, 1.54) is 6.07 Å². The van der Waals surface area contributed by atoms with Crippen LogP contribution in [0.25, 0.3) is 0 Å². The quantitative estimate of drug-likeness (QED) is 0.446. The van der Waals surface area contributed by atoms with Crippen LogP contribution in [0.1, 0.15) is 34.0 Å². The van der Waals surface area contributed by atoms with Crippen molar-refractivity contribution in [2.24, 2.45) is 4.99 Å². The molecule has 1 N–H and O–H groups in total. The van der Waals surface area contributed by atoms with Gasteiger partial charge in [-0.25, -0.2) is 9.38 Å². The number of hydrogen-bond donors (Lipinski definition) is 1. The van der Waals surface area contributed by atoms with Crippen LogP contribution >= 0.6 is 0 Å². The summed E-state index contributed by atoms with van der Waals surface area (Å²) in [5.74, 6) is -0.316. The molecule has 26 heavy (non-hydrogen) atoms. The Bertz CT molecular complexity index is 830. The van der Waals surface area contributed by atoms with Crippen LogP contribution in [0, 0.1) is 26.6 Å². The van der Waals surface area contributed by atoms with Crippen LogP contribution in [0.3, 0.4) is 0 Å². The van der Waals surface area contributed by atoms with Crippen LogP contribution in [0.2, 0.25) is 0 Å². The summed E-state index contributed by atoms with van der Waals surface area (Å²) in [5.41, 5.74) is 4.49. The molecule has 0 fully saturated rings. The van der Waals surface area contributed by atoms with Gasteiger partial charge in [0.1, 0.15) is 5.82 Å². The number of nitrogens with one attached hydrogen (secondary N) is 1. The van der Waals surface area contributed by atoms with Crippen molar-refractivity contribution in [2.75, 3.05) is 25.5 Å². The van der Waals surface area contributed by atoms with E-state index in [9.17, 15) is 9.18 Å². The van der Waals surface area contributed by atoms with Gasteiger partial charge in [0.15, 0.2) is 5.78 Å². The summed E-state index contributed by atoms with van der Waals surface area (Å²) in [6, 6.07) is 8.61. The summed E-state index contributed by atoms with van der Waals surface area (Å²) < 4.78 is 13.6. The molecule has 2 aromatic rings. The monoisotopic (exact) mass is 355 g/mol. The molecular weight excluding hydrogens is 329 g/mol. The average molecular weight is 355 g/mol.